The van der Waals surface area contributed by atoms with E-state index < -0.39 is 0 Å². The van der Waals surface area contributed by atoms with Crippen LogP contribution in [0.15, 0.2) is 24.3 Å². The molecule has 0 bridgehead atoms. The first-order chi connectivity index (χ1) is 8.00. The van der Waals surface area contributed by atoms with Crippen molar-refractivity contribution < 1.29 is 9.50 Å². The van der Waals surface area contributed by atoms with Gasteiger partial charge in [0.1, 0.15) is 11.5 Å². The topological polar surface area (TPSA) is 38.1 Å². The molecule has 0 atom stereocenters. The SMILES string of the molecule is Cc1c(O)c(-c2cccc(F)c2)nn1C(C)C. The normalized spacial score (nSPS) is 11.1. The van der Waals surface area contributed by atoms with E-state index in [1.54, 1.807) is 23.7 Å². The first-order valence-electron chi connectivity index (χ1n) is 5.54. The van der Waals surface area contributed by atoms with Crippen molar-refractivity contribution in [2.24, 2.45) is 0 Å². The second-order valence-electron chi connectivity index (χ2n) is 4.33. The molecule has 90 valence electrons. The number of hydrogen-bond acceptors (Lipinski definition) is 2. The number of benzene rings is 1. The van der Waals surface area contributed by atoms with E-state index in [0.717, 1.165) is 0 Å². The fraction of sp³-hybridized carbons (Fsp3) is 0.308. The van der Waals surface area contributed by atoms with E-state index in [1.165, 1.54) is 12.1 Å². The molecule has 3 nitrogen and oxygen atoms in total. The highest BCUT2D eigenvalue weighted by atomic mass is 19.1. The lowest BCUT2D eigenvalue weighted by atomic mass is 10.1. The van der Waals surface area contributed by atoms with E-state index in [4.69, 9.17) is 0 Å². The molecule has 17 heavy (non-hydrogen) atoms. The predicted molar refractivity (Wildman–Crippen MR) is 64.4 cm³/mol. The zero-order valence-electron chi connectivity index (χ0n) is 10.1. The number of nitrogens with zero attached hydrogens (tertiary/aromatic N) is 2. The molecule has 0 aliphatic rings. The van der Waals surface area contributed by atoms with Crippen LogP contribution in [0.2, 0.25) is 0 Å². The van der Waals surface area contributed by atoms with Gasteiger partial charge in [0.2, 0.25) is 0 Å². The van der Waals surface area contributed by atoms with Gasteiger partial charge in [-0.2, -0.15) is 5.10 Å². The summed E-state index contributed by atoms with van der Waals surface area (Å²) < 4.78 is 14.9. The predicted octanol–water partition coefficient (Wildman–Crippen LogP) is 3.28. The number of aromatic nitrogens is 2. The van der Waals surface area contributed by atoms with Gasteiger partial charge in [0, 0.05) is 11.6 Å². The van der Waals surface area contributed by atoms with Crippen LogP contribution in [0.5, 0.6) is 5.75 Å². The lowest BCUT2D eigenvalue weighted by Gasteiger charge is -2.06. The van der Waals surface area contributed by atoms with Crippen molar-refractivity contribution in [2.45, 2.75) is 26.8 Å². The molecule has 0 fully saturated rings. The summed E-state index contributed by atoms with van der Waals surface area (Å²) in [5.74, 6) is -0.219. The molecule has 0 spiro atoms. The molecular weight excluding hydrogens is 219 g/mol. The Bertz CT molecular complexity index is 546. The third-order valence-corrected chi connectivity index (χ3v) is 2.71. The Morgan fingerprint density at radius 2 is 2.06 bits per heavy atom. The Morgan fingerprint density at radius 1 is 1.35 bits per heavy atom. The van der Waals surface area contributed by atoms with Gasteiger partial charge >= 0.3 is 0 Å². The van der Waals surface area contributed by atoms with Gasteiger partial charge in [0.15, 0.2) is 5.75 Å². The van der Waals surface area contributed by atoms with Gasteiger partial charge in [0.05, 0.1) is 5.69 Å². The van der Waals surface area contributed by atoms with Gasteiger partial charge in [0.25, 0.3) is 0 Å². The Labute approximate surface area is 99.5 Å². The zero-order valence-corrected chi connectivity index (χ0v) is 10.1. The zero-order chi connectivity index (χ0) is 12.6. The Balaban J connectivity index is 2.57. The van der Waals surface area contributed by atoms with Crippen LogP contribution in [0.1, 0.15) is 25.6 Å². The summed E-state index contributed by atoms with van der Waals surface area (Å²) in [4.78, 5) is 0. The minimum atomic E-state index is -0.335. The summed E-state index contributed by atoms with van der Waals surface area (Å²) in [6.07, 6.45) is 0. The maximum absolute atomic E-state index is 13.1. The summed E-state index contributed by atoms with van der Waals surface area (Å²) in [5, 5.41) is 14.3. The van der Waals surface area contributed by atoms with Gasteiger partial charge in [-0.05, 0) is 32.9 Å². The molecule has 1 N–H and O–H groups in total. The van der Waals surface area contributed by atoms with E-state index >= 15 is 0 Å². The monoisotopic (exact) mass is 234 g/mol. The maximum atomic E-state index is 13.1. The third-order valence-electron chi connectivity index (χ3n) is 2.71. The number of hydrogen-bond donors (Lipinski definition) is 1. The van der Waals surface area contributed by atoms with Crippen LogP contribution >= 0.6 is 0 Å². The molecule has 0 aliphatic heterocycles. The highest BCUT2D eigenvalue weighted by molar-refractivity contribution is 5.67. The van der Waals surface area contributed by atoms with E-state index in [9.17, 15) is 9.50 Å². The second kappa shape index (κ2) is 4.20. The van der Waals surface area contributed by atoms with Crippen LogP contribution in [0, 0.1) is 12.7 Å². The first-order valence-corrected chi connectivity index (χ1v) is 5.54. The third kappa shape index (κ3) is 2.02. The van der Waals surface area contributed by atoms with Gasteiger partial charge in [-0.3, -0.25) is 4.68 Å². The molecule has 0 amide bonds. The molecule has 1 aromatic carbocycles. The fourth-order valence-corrected chi connectivity index (χ4v) is 1.84. The average molecular weight is 234 g/mol. The highest BCUT2D eigenvalue weighted by Gasteiger charge is 2.16. The Kier molecular flexibility index (Phi) is 2.88. The summed E-state index contributed by atoms with van der Waals surface area (Å²) in [7, 11) is 0. The van der Waals surface area contributed by atoms with E-state index in [0.29, 0.717) is 17.0 Å². The van der Waals surface area contributed by atoms with Gasteiger partial charge in [-0.1, -0.05) is 12.1 Å². The highest BCUT2D eigenvalue weighted by Crippen LogP contribution is 2.32. The lowest BCUT2D eigenvalue weighted by Crippen LogP contribution is -2.04. The van der Waals surface area contributed by atoms with Crippen molar-refractivity contribution in [1.82, 2.24) is 9.78 Å². The van der Waals surface area contributed by atoms with E-state index in [1.807, 2.05) is 13.8 Å². The van der Waals surface area contributed by atoms with Crippen LogP contribution in [0.3, 0.4) is 0 Å². The van der Waals surface area contributed by atoms with E-state index in [-0.39, 0.29) is 17.6 Å². The Morgan fingerprint density at radius 3 is 2.59 bits per heavy atom. The summed E-state index contributed by atoms with van der Waals surface area (Å²) in [5.41, 5.74) is 1.71. The molecule has 0 saturated heterocycles. The van der Waals surface area contributed by atoms with Crippen molar-refractivity contribution >= 4 is 0 Å². The first kappa shape index (κ1) is 11.6. The van der Waals surface area contributed by atoms with Gasteiger partial charge in [-0.15, -0.1) is 0 Å². The summed E-state index contributed by atoms with van der Waals surface area (Å²) in [6.45, 7) is 5.76. The van der Waals surface area contributed by atoms with Crippen molar-refractivity contribution in [3.05, 3.63) is 35.8 Å². The largest absolute Gasteiger partial charge is 0.504 e. The molecule has 0 radical (unpaired) electrons. The van der Waals surface area contributed by atoms with Crippen molar-refractivity contribution in [3.8, 4) is 17.0 Å². The van der Waals surface area contributed by atoms with E-state index in [2.05, 4.69) is 5.10 Å². The van der Waals surface area contributed by atoms with Gasteiger partial charge < -0.3 is 5.11 Å². The molecule has 2 aromatic rings. The van der Waals surface area contributed by atoms with Crippen LogP contribution in [0.4, 0.5) is 4.39 Å². The lowest BCUT2D eigenvalue weighted by molar-refractivity contribution is 0.461. The maximum Gasteiger partial charge on any atom is 0.164 e. The van der Waals surface area contributed by atoms with Crippen LogP contribution in [-0.2, 0) is 0 Å². The summed E-state index contributed by atoms with van der Waals surface area (Å²) in [6, 6.07) is 6.23. The molecular formula is C13H15FN2O. The molecule has 2 rings (SSSR count). The molecule has 0 saturated carbocycles. The average Bonchev–Trinajstić information content (AvgIpc) is 2.56. The van der Waals surface area contributed by atoms with Crippen molar-refractivity contribution in [3.63, 3.8) is 0 Å². The molecule has 4 heteroatoms. The number of halogens is 1. The second-order valence-corrected chi connectivity index (χ2v) is 4.33. The Hall–Kier alpha value is -1.84. The summed E-state index contributed by atoms with van der Waals surface area (Å²) >= 11 is 0. The van der Waals surface area contributed by atoms with Gasteiger partial charge in [-0.25, -0.2) is 4.39 Å². The molecule has 1 aromatic heterocycles. The van der Waals surface area contributed by atoms with Crippen LogP contribution in [0.25, 0.3) is 11.3 Å². The molecule has 0 aliphatic carbocycles. The van der Waals surface area contributed by atoms with Crippen LogP contribution in [-0.4, -0.2) is 14.9 Å². The molecule has 1 heterocycles. The van der Waals surface area contributed by atoms with Crippen molar-refractivity contribution in [1.29, 1.82) is 0 Å². The minimum Gasteiger partial charge on any atom is -0.504 e. The molecule has 0 unspecified atom stereocenters. The quantitative estimate of drug-likeness (QED) is 0.865. The van der Waals surface area contributed by atoms with Crippen LogP contribution < -0.4 is 0 Å². The fourth-order valence-electron chi connectivity index (χ4n) is 1.84. The van der Waals surface area contributed by atoms with Crippen molar-refractivity contribution in [2.75, 3.05) is 0 Å². The minimum absolute atomic E-state index is 0.115. The standard InChI is InChI=1S/C13H15FN2O/c1-8(2)16-9(3)13(17)12(15-16)10-5-4-6-11(14)7-10/h4-8,17H,1-3H3. The number of aromatic hydroxyl groups is 1. The number of rotatable bonds is 2. The smallest absolute Gasteiger partial charge is 0.164 e.